The van der Waals surface area contributed by atoms with Crippen LogP contribution in [0.1, 0.15) is 69.4 Å². The number of benzene rings is 1. The van der Waals surface area contributed by atoms with Gasteiger partial charge in [-0.25, -0.2) is 0 Å². The molecular weight excluding hydrogens is 326 g/mol. The van der Waals surface area contributed by atoms with Gasteiger partial charge in [0.05, 0.1) is 0 Å². The zero-order valence-corrected chi connectivity index (χ0v) is 16.3. The van der Waals surface area contributed by atoms with E-state index < -0.39 is 0 Å². The van der Waals surface area contributed by atoms with Gasteiger partial charge in [-0.1, -0.05) is 32.3 Å². The maximum Gasteiger partial charge on any atom is 0.311 e. The van der Waals surface area contributed by atoms with Crippen LogP contribution in [0.3, 0.4) is 0 Å². The first-order valence-corrected chi connectivity index (χ1v) is 10.1. The molecule has 0 aromatic heterocycles. The molecule has 0 heterocycles. The highest BCUT2D eigenvalue weighted by Gasteiger charge is 2.43. The molecule has 26 heavy (non-hydrogen) atoms. The maximum atomic E-state index is 12.1. The van der Waals surface area contributed by atoms with Gasteiger partial charge in [0.15, 0.2) is 0 Å². The number of carbonyl (C=O) groups excluding carboxylic acids is 1. The molecule has 1 aromatic rings. The van der Waals surface area contributed by atoms with Gasteiger partial charge in [-0.3, -0.25) is 4.79 Å². The third kappa shape index (κ3) is 4.12. The Labute approximate surface area is 157 Å². The number of methoxy groups -OCH3 is 1. The van der Waals surface area contributed by atoms with Crippen molar-refractivity contribution in [2.75, 3.05) is 13.7 Å². The lowest BCUT2D eigenvalue weighted by atomic mass is 9.60. The molecule has 2 N–H and O–H groups in total. The first-order valence-electron chi connectivity index (χ1n) is 10.1. The van der Waals surface area contributed by atoms with Crippen LogP contribution in [0.4, 0.5) is 0 Å². The number of hydrogen-bond acceptors (Lipinski definition) is 4. The Hall–Kier alpha value is -1.39. The molecule has 4 heteroatoms. The fourth-order valence-electron chi connectivity index (χ4n) is 4.79. The minimum Gasteiger partial charge on any atom is -0.427 e. The van der Waals surface area contributed by atoms with Crippen LogP contribution in [0.25, 0.3) is 0 Å². The number of hydrogen-bond donors (Lipinski definition) is 1. The Morgan fingerprint density at radius 1 is 1.27 bits per heavy atom. The molecule has 0 saturated heterocycles. The molecule has 0 radical (unpaired) electrons. The van der Waals surface area contributed by atoms with Gasteiger partial charge in [0, 0.05) is 31.6 Å². The summed E-state index contributed by atoms with van der Waals surface area (Å²) in [5, 5.41) is 0. The summed E-state index contributed by atoms with van der Waals surface area (Å²) in [5.74, 6) is 1.07. The second-order valence-corrected chi connectivity index (χ2v) is 8.25. The zero-order valence-electron chi connectivity index (χ0n) is 16.3. The molecule has 1 saturated carbocycles. The van der Waals surface area contributed by atoms with Gasteiger partial charge in [0.2, 0.25) is 0 Å². The van der Waals surface area contributed by atoms with Crippen LogP contribution in [-0.2, 0) is 21.4 Å². The number of unbranched alkanes of at least 4 members (excludes halogenated alkanes) is 1. The molecule has 0 amide bonds. The van der Waals surface area contributed by atoms with E-state index in [0.717, 1.165) is 25.7 Å². The van der Waals surface area contributed by atoms with Crippen LogP contribution in [0.5, 0.6) is 5.75 Å². The molecule has 3 atom stereocenters. The van der Waals surface area contributed by atoms with Gasteiger partial charge >= 0.3 is 5.97 Å². The highest BCUT2D eigenvalue weighted by atomic mass is 16.5. The van der Waals surface area contributed by atoms with E-state index >= 15 is 0 Å². The summed E-state index contributed by atoms with van der Waals surface area (Å²) < 4.78 is 10.6. The average Bonchev–Trinajstić information content (AvgIpc) is 2.63. The van der Waals surface area contributed by atoms with Gasteiger partial charge in [0.25, 0.3) is 0 Å². The number of fused-ring (bicyclic) bond motifs is 4. The molecule has 3 rings (SSSR count). The van der Waals surface area contributed by atoms with E-state index in [-0.39, 0.29) is 17.4 Å². The van der Waals surface area contributed by atoms with Gasteiger partial charge in [0.1, 0.15) is 5.75 Å². The van der Waals surface area contributed by atoms with E-state index in [1.807, 2.05) is 6.07 Å². The van der Waals surface area contributed by atoms with Crippen LogP contribution < -0.4 is 10.5 Å². The Kier molecular flexibility index (Phi) is 6.36. The molecule has 0 aliphatic heterocycles. The van der Waals surface area contributed by atoms with Crippen molar-refractivity contribution in [2.24, 2.45) is 11.7 Å². The molecule has 144 valence electrons. The van der Waals surface area contributed by atoms with Crippen molar-refractivity contribution >= 4 is 5.97 Å². The van der Waals surface area contributed by atoms with E-state index in [9.17, 15) is 4.79 Å². The Morgan fingerprint density at radius 3 is 2.92 bits per heavy atom. The van der Waals surface area contributed by atoms with Gasteiger partial charge < -0.3 is 15.2 Å². The molecule has 1 fully saturated rings. The van der Waals surface area contributed by atoms with Gasteiger partial charge in [-0.2, -0.15) is 0 Å². The van der Waals surface area contributed by atoms with Crippen molar-refractivity contribution in [3.8, 4) is 5.75 Å². The number of carbonyl (C=O) groups is 1. The molecule has 0 spiro atoms. The predicted octanol–water partition coefficient (Wildman–Crippen LogP) is 4.13. The second-order valence-electron chi connectivity index (χ2n) is 8.25. The molecule has 4 nitrogen and oxygen atoms in total. The molecule has 0 unspecified atom stereocenters. The van der Waals surface area contributed by atoms with Crippen molar-refractivity contribution in [1.29, 1.82) is 0 Å². The third-order valence-electron chi connectivity index (χ3n) is 6.40. The zero-order chi connectivity index (χ0) is 18.6. The molecule has 2 aliphatic carbocycles. The number of ether oxygens (including phenoxy) is 2. The summed E-state index contributed by atoms with van der Waals surface area (Å²) in [6, 6.07) is 6.38. The quantitative estimate of drug-likeness (QED) is 0.471. The van der Waals surface area contributed by atoms with E-state index in [0.29, 0.717) is 24.7 Å². The lowest BCUT2D eigenvalue weighted by Gasteiger charge is -2.47. The molecule has 2 bridgehead atoms. The maximum absolute atomic E-state index is 12.1. The van der Waals surface area contributed by atoms with Crippen LogP contribution in [0.15, 0.2) is 18.2 Å². The number of esters is 1. The van der Waals surface area contributed by atoms with Crippen LogP contribution >= 0.6 is 0 Å². The Morgan fingerprint density at radius 2 is 2.12 bits per heavy atom. The summed E-state index contributed by atoms with van der Waals surface area (Å²) in [6.45, 7) is 2.99. The van der Waals surface area contributed by atoms with Gasteiger partial charge in [-0.15, -0.1) is 0 Å². The monoisotopic (exact) mass is 359 g/mol. The molecule has 1 aromatic carbocycles. The lowest BCUT2D eigenvalue weighted by molar-refractivity contribution is -0.134. The molecular formula is C22H33NO3. The topological polar surface area (TPSA) is 61.5 Å². The van der Waals surface area contributed by atoms with E-state index in [2.05, 4.69) is 19.1 Å². The summed E-state index contributed by atoms with van der Waals surface area (Å²) in [4.78, 5) is 12.1. The summed E-state index contributed by atoms with van der Waals surface area (Å²) >= 11 is 0. The van der Waals surface area contributed by atoms with Gasteiger partial charge in [-0.05, 0) is 61.3 Å². The minimum absolute atomic E-state index is 0.0143. The van der Waals surface area contributed by atoms with Crippen molar-refractivity contribution in [2.45, 2.75) is 76.2 Å². The smallest absolute Gasteiger partial charge is 0.311 e. The Balaban J connectivity index is 1.75. The largest absolute Gasteiger partial charge is 0.427 e. The Bertz CT molecular complexity index is 630. The first-order chi connectivity index (χ1) is 12.5. The van der Waals surface area contributed by atoms with E-state index in [1.54, 1.807) is 7.11 Å². The summed E-state index contributed by atoms with van der Waals surface area (Å²) in [6.07, 6.45) is 9.32. The van der Waals surface area contributed by atoms with E-state index in [4.69, 9.17) is 15.2 Å². The van der Waals surface area contributed by atoms with Crippen LogP contribution in [-0.4, -0.2) is 25.7 Å². The van der Waals surface area contributed by atoms with Crippen molar-refractivity contribution < 1.29 is 14.3 Å². The fraction of sp³-hybridized carbons (Fsp3) is 0.682. The molecule has 2 aliphatic rings. The SMILES string of the molecule is COCCCCC(=O)Oc1ccc2c(c1)[C@@]1(C)CCCCC[C@@H](C2)[C@@H]1N. The lowest BCUT2D eigenvalue weighted by Crippen LogP contribution is -2.52. The van der Waals surface area contributed by atoms with Crippen molar-refractivity contribution in [3.05, 3.63) is 29.3 Å². The third-order valence-corrected chi connectivity index (χ3v) is 6.40. The predicted molar refractivity (Wildman–Crippen MR) is 103 cm³/mol. The van der Waals surface area contributed by atoms with Crippen molar-refractivity contribution in [3.63, 3.8) is 0 Å². The standard InChI is InChI=1S/C22H33NO3/c1-22-12-6-3-4-8-17(21(22)23)14-16-10-11-18(15-19(16)22)26-20(24)9-5-7-13-25-2/h10-11,15,17,21H,3-9,12-14,23H2,1-2H3/t17-,21-,22+/m0/s1. The highest BCUT2D eigenvalue weighted by Crippen LogP contribution is 2.46. The highest BCUT2D eigenvalue weighted by molar-refractivity contribution is 5.72. The average molecular weight is 360 g/mol. The van der Waals surface area contributed by atoms with Crippen molar-refractivity contribution in [1.82, 2.24) is 0 Å². The van der Waals surface area contributed by atoms with Crippen LogP contribution in [0.2, 0.25) is 0 Å². The number of nitrogens with two attached hydrogens (primary N) is 1. The normalized spacial score (nSPS) is 28.0. The van der Waals surface area contributed by atoms with Crippen LogP contribution in [0, 0.1) is 5.92 Å². The second kappa shape index (κ2) is 8.53. The summed E-state index contributed by atoms with van der Waals surface area (Å²) in [5.41, 5.74) is 9.40. The van der Waals surface area contributed by atoms with E-state index in [1.165, 1.54) is 36.8 Å². The fourth-order valence-corrected chi connectivity index (χ4v) is 4.79. The minimum atomic E-state index is -0.165. The summed E-state index contributed by atoms with van der Waals surface area (Å²) in [7, 11) is 1.68. The first kappa shape index (κ1) is 19.4. The number of rotatable bonds is 6.